The molecule has 0 aliphatic carbocycles. The number of hydrogen-bond donors (Lipinski definition) is 0. The van der Waals surface area contributed by atoms with Gasteiger partial charge in [0.25, 0.3) is 0 Å². The highest BCUT2D eigenvalue weighted by Gasteiger charge is 2.21. The maximum atomic E-state index is 12.4. The van der Waals surface area contributed by atoms with Gasteiger partial charge in [-0.2, -0.15) is 0 Å². The second-order valence-electron chi connectivity index (χ2n) is 4.33. The first-order valence-corrected chi connectivity index (χ1v) is 8.75. The summed E-state index contributed by atoms with van der Waals surface area (Å²) in [6.07, 6.45) is 0. The molecule has 112 valence electrons. The summed E-state index contributed by atoms with van der Waals surface area (Å²) in [6, 6.07) is 10.6. The van der Waals surface area contributed by atoms with Crippen LogP contribution < -0.4 is 4.74 Å². The predicted octanol–water partition coefficient (Wildman–Crippen LogP) is 6.84. The van der Waals surface area contributed by atoms with E-state index in [9.17, 15) is 4.79 Å². The molecule has 0 atom stereocenters. The van der Waals surface area contributed by atoms with Crippen LogP contribution in [-0.2, 0) is 0 Å². The first-order valence-electron chi connectivity index (χ1n) is 6.01. The van der Waals surface area contributed by atoms with Gasteiger partial charge in [-0.1, -0.05) is 53.0 Å². The molecule has 2 aromatic carbocycles. The minimum absolute atomic E-state index is 0.213. The van der Waals surface area contributed by atoms with Crippen LogP contribution in [0.2, 0.25) is 15.1 Å². The van der Waals surface area contributed by atoms with Crippen LogP contribution in [0.25, 0.3) is 10.1 Å². The number of carbonyl (C=O) groups is 1. The van der Waals surface area contributed by atoms with Crippen molar-refractivity contribution >= 4 is 78.1 Å². The molecule has 3 rings (SSSR count). The highest BCUT2D eigenvalue weighted by Crippen LogP contribution is 2.39. The van der Waals surface area contributed by atoms with E-state index in [0.717, 1.165) is 10.1 Å². The van der Waals surface area contributed by atoms with E-state index in [0.29, 0.717) is 19.4 Å². The van der Waals surface area contributed by atoms with E-state index in [1.165, 1.54) is 17.4 Å². The molecular formula is C15H6BrCl3O2S. The fourth-order valence-corrected chi connectivity index (χ4v) is 4.61. The molecule has 0 bridgehead atoms. The summed E-state index contributed by atoms with van der Waals surface area (Å²) in [7, 11) is 0. The molecule has 3 aromatic rings. The smallest absolute Gasteiger partial charge is 0.355 e. The van der Waals surface area contributed by atoms with Crippen LogP contribution in [0.15, 0.2) is 40.9 Å². The van der Waals surface area contributed by atoms with Crippen molar-refractivity contribution in [3.8, 4) is 5.75 Å². The Hall–Kier alpha value is -0.780. The van der Waals surface area contributed by atoms with E-state index in [1.807, 2.05) is 24.3 Å². The van der Waals surface area contributed by atoms with E-state index in [2.05, 4.69) is 15.9 Å². The van der Waals surface area contributed by atoms with Crippen LogP contribution in [0.4, 0.5) is 0 Å². The highest BCUT2D eigenvalue weighted by molar-refractivity contribution is 9.10. The normalized spacial score (nSPS) is 10.9. The zero-order chi connectivity index (χ0) is 15.9. The second kappa shape index (κ2) is 6.38. The molecular weight excluding hydrogens is 430 g/mol. The average Bonchev–Trinajstić information content (AvgIpc) is 2.80. The Morgan fingerprint density at radius 3 is 2.55 bits per heavy atom. The van der Waals surface area contributed by atoms with E-state index in [4.69, 9.17) is 39.5 Å². The zero-order valence-corrected chi connectivity index (χ0v) is 15.4. The number of carbonyl (C=O) groups excluding carboxylic acids is 1. The van der Waals surface area contributed by atoms with Gasteiger partial charge < -0.3 is 4.74 Å². The molecule has 1 aromatic heterocycles. The maximum Gasteiger partial charge on any atom is 0.355 e. The lowest BCUT2D eigenvalue weighted by Crippen LogP contribution is -2.07. The van der Waals surface area contributed by atoms with Gasteiger partial charge in [0.2, 0.25) is 0 Å². The van der Waals surface area contributed by atoms with Crippen LogP contribution in [0.5, 0.6) is 5.75 Å². The largest absolute Gasteiger partial charge is 0.419 e. The van der Waals surface area contributed by atoms with E-state index >= 15 is 0 Å². The van der Waals surface area contributed by atoms with Crippen molar-refractivity contribution in [1.29, 1.82) is 0 Å². The molecule has 0 spiro atoms. The number of fused-ring (bicyclic) bond motifs is 1. The van der Waals surface area contributed by atoms with Crippen molar-refractivity contribution in [3.05, 3.63) is 60.8 Å². The molecule has 0 radical (unpaired) electrons. The quantitative estimate of drug-likeness (QED) is 0.325. The molecule has 0 amide bonds. The molecule has 22 heavy (non-hydrogen) atoms. The van der Waals surface area contributed by atoms with Crippen LogP contribution in [0.3, 0.4) is 0 Å². The average molecular weight is 437 g/mol. The Morgan fingerprint density at radius 1 is 1.14 bits per heavy atom. The Labute approximate surface area is 153 Å². The molecule has 0 aliphatic rings. The molecule has 2 nitrogen and oxygen atoms in total. The number of hydrogen-bond acceptors (Lipinski definition) is 3. The SMILES string of the molecule is O=C(Oc1c(Cl)cc(Cl)cc1Br)c1sc2ccccc2c1Cl. The lowest BCUT2D eigenvalue weighted by molar-refractivity contribution is 0.0739. The standard InChI is InChI=1S/C15H6BrCl3O2S/c16-9-5-7(17)6-10(18)13(9)21-15(20)14-12(19)8-3-1-2-4-11(8)22-14/h1-6H. The molecule has 0 unspecified atom stereocenters. The first kappa shape index (κ1) is 16.1. The molecule has 1 heterocycles. The van der Waals surface area contributed by atoms with Crippen LogP contribution in [-0.4, -0.2) is 5.97 Å². The Morgan fingerprint density at radius 2 is 1.86 bits per heavy atom. The highest BCUT2D eigenvalue weighted by atomic mass is 79.9. The summed E-state index contributed by atoms with van der Waals surface area (Å²) in [5.74, 6) is -0.347. The fraction of sp³-hybridized carbons (Fsp3) is 0. The van der Waals surface area contributed by atoms with Crippen molar-refractivity contribution in [2.24, 2.45) is 0 Å². The van der Waals surface area contributed by atoms with Crippen molar-refractivity contribution in [2.75, 3.05) is 0 Å². The van der Waals surface area contributed by atoms with Gasteiger partial charge in [0.05, 0.1) is 14.5 Å². The van der Waals surface area contributed by atoms with Gasteiger partial charge in [-0.3, -0.25) is 0 Å². The monoisotopic (exact) mass is 434 g/mol. The number of esters is 1. The number of thiophene rings is 1. The molecule has 0 saturated heterocycles. The van der Waals surface area contributed by atoms with Gasteiger partial charge in [-0.05, 0) is 34.1 Å². The molecule has 0 fully saturated rings. The minimum atomic E-state index is -0.559. The van der Waals surface area contributed by atoms with Gasteiger partial charge in [0.15, 0.2) is 5.75 Å². The summed E-state index contributed by atoms with van der Waals surface area (Å²) in [5.41, 5.74) is 0. The Balaban J connectivity index is 1.99. The van der Waals surface area contributed by atoms with E-state index in [1.54, 1.807) is 6.07 Å². The van der Waals surface area contributed by atoms with Crippen LogP contribution >= 0.6 is 62.1 Å². The molecule has 0 saturated carbocycles. The van der Waals surface area contributed by atoms with Crippen LogP contribution in [0, 0.1) is 0 Å². The Kier molecular flexibility index (Phi) is 4.67. The summed E-state index contributed by atoms with van der Waals surface area (Å²) < 4.78 is 6.79. The second-order valence-corrected chi connectivity index (χ2v) is 7.46. The molecule has 0 aliphatic heterocycles. The summed E-state index contributed by atoms with van der Waals surface area (Å²) in [6.45, 7) is 0. The van der Waals surface area contributed by atoms with Crippen molar-refractivity contribution in [1.82, 2.24) is 0 Å². The van der Waals surface area contributed by atoms with E-state index < -0.39 is 5.97 Å². The molecule has 0 N–H and O–H groups in total. The lowest BCUT2D eigenvalue weighted by Gasteiger charge is -2.08. The number of benzene rings is 2. The van der Waals surface area contributed by atoms with E-state index in [-0.39, 0.29) is 10.8 Å². The number of ether oxygens (including phenoxy) is 1. The topological polar surface area (TPSA) is 26.3 Å². The zero-order valence-electron chi connectivity index (χ0n) is 10.7. The van der Waals surface area contributed by atoms with Gasteiger partial charge in [0.1, 0.15) is 4.88 Å². The van der Waals surface area contributed by atoms with Crippen molar-refractivity contribution < 1.29 is 9.53 Å². The third-order valence-electron chi connectivity index (χ3n) is 2.88. The van der Waals surface area contributed by atoms with Gasteiger partial charge in [0, 0.05) is 15.1 Å². The minimum Gasteiger partial charge on any atom is -0.419 e. The van der Waals surface area contributed by atoms with Gasteiger partial charge >= 0.3 is 5.97 Å². The number of halogens is 4. The predicted molar refractivity (Wildman–Crippen MR) is 96.0 cm³/mol. The summed E-state index contributed by atoms with van der Waals surface area (Å²) >= 11 is 22.8. The van der Waals surface area contributed by atoms with Crippen molar-refractivity contribution in [2.45, 2.75) is 0 Å². The summed E-state index contributed by atoms with van der Waals surface area (Å²) in [5, 5.41) is 1.88. The molecule has 7 heteroatoms. The third-order valence-corrected chi connectivity index (χ3v) is 5.62. The number of rotatable bonds is 2. The van der Waals surface area contributed by atoms with Gasteiger partial charge in [-0.25, -0.2) is 4.79 Å². The fourth-order valence-electron chi connectivity index (χ4n) is 1.91. The van der Waals surface area contributed by atoms with Crippen molar-refractivity contribution in [3.63, 3.8) is 0 Å². The van der Waals surface area contributed by atoms with Crippen LogP contribution in [0.1, 0.15) is 9.67 Å². The lowest BCUT2D eigenvalue weighted by atomic mass is 10.2. The summed E-state index contributed by atoms with van der Waals surface area (Å²) in [4.78, 5) is 12.7. The maximum absolute atomic E-state index is 12.4. The Bertz CT molecular complexity index is 869. The first-order chi connectivity index (χ1) is 10.5. The third kappa shape index (κ3) is 2.99. The van der Waals surface area contributed by atoms with Gasteiger partial charge in [-0.15, -0.1) is 11.3 Å².